The molecule has 1 N–H and O–H groups in total. The molecule has 3 aromatic rings. The first-order chi connectivity index (χ1) is 11.6. The Kier molecular flexibility index (Phi) is 4.75. The fourth-order valence-corrected chi connectivity index (χ4v) is 2.54. The molecule has 0 saturated carbocycles. The maximum Gasteiger partial charge on any atom is 0.387 e. The number of thiophene rings is 1. The molecule has 0 fully saturated rings. The second kappa shape index (κ2) is 7.13. The van der Waals surface area contributed by atoms with Crippen LogP contribution in [0.5, 0.6) is 5.75 Å². The molecule has 0 unspecified atom stereocenters. The van der Waals surface area contributed by atoms with Gasteiger partial charge in [0, 0.05) is 10.9 Å². The van der Waals surface area contributed by atoms with E-state index in [1.807, 2.05) is 16.8 Å². The van der Waals surface area contributed by atoms with Crippen LogP contribution < -0.4 is 10.1 Å². The number of nitrogens with one attached hydrogen (secondary N) is 1. The molecule has 2 aromatic heterocycles. The summed E-state index contributed by atoms with van der Waals surface area (Å²) in [5.41, 5.74) is 0.948. The van der Waals surface area contributed by atoms with Crippen molar-refractivity contribution in [2.24, 2.45) is 0 Å². The van der Waals surface area contributed by atoms with Crippen LogP contribution in [0.3, 0.4) is 0 Å². The number of halogens is 2. The zero-order chi connectivity index (χ0) is 16.9. The van der Waals surface area contributed by atoms with Crippen LogP contribution in [0.2, 0.25) is 0 Å². The maximum absolute atomic E-state index is 12.4. The topological polar surface area (TPSA) is 81.9 Å². The average molecular weight is 351 g/mol. The molecule has 0 aliphatic heterocycles. The number of carbonyl (C=O) groups excluding carboxylic acids is 1. The van der Waals surface area contributed by atoms with Crippen LogP contribution in [0, 0.1) is 0 Å². The number of hydrogen-bond donors (Lipinski definition) is 1. The number of anilines is 1. The molecule has 1 amide bonds. The smallest absolute Gasteiger partial charge is 0.387 e. The number of ether oxygens (including phenoxy) is 1. The highest BCUT2D eigenvalue weighted by atomic mass is 32.1. The molecular weight excluding hydrogens is 340 g/mol. The van der Waals surface area contributed by atoms with Crippen LogP contribution in [0.1, 0.15) is 0 Å². The number of carbonyl (C=O) groups is 1. The van der Waals surface area contributed by atoms with Crippen molar-refractivity contribution in [1.82, 2.24) is 20.2 Å². The molecule has 1 aromatic carbocycles. The lowest BCUT2D eigenvalue weighted by molar-refractivity contribution is -0.117. The van der Waals surface area contributed by atoms with Crippen LogP contribution in [0.15, 0.2) is 41.1 Å². The third-order valence-electron chi connectivity index (χ3n) is 2.89. The lowest BCUT2D eigenvalue weighted by atomic mass is 10.3. The summed E-state index contributed by atoms with van der Waals surface area (Å²) < 4.78 is 29.1. The number of benzene rings is 1. The fourth-order valence-electron chi connectivity index (χ4n) is 1.90. The van der Waals surface area contributed by atoms with Crippen molar-refractivity contribution in [3.8, 4) is 17.1 Å². The third-order valence-corrected chi connectivity index (χ3v) is 3.58. The van der Waals surface area contributed by atoms with Crippen LogP contribution in [0.25, 0.3) is 11.4 Å². The minimum atomic E-state index is -2.98. The van der Waals surface area contributed by atoms with Crippen molar-refractivity contribution in [2.75, 3.05) is 5.32 Å². The summed E-state index contributed by atoms with van der Waals surface area (Å²) in [4.78, 5) is 13.2. The average Bonchev–Trinajstić information content (AvgIpc) is 3.19. The molecule has 0 aliphatic rings. The zero-order valence-electron chi connectivity index (χ0n) is 12.1. The van der Waals surface area contributed by atoms with E-state index in [0.717, 1.165) is 10.4 Å². The first-order valence-corrected chi connectivity index (χ1v) is 7.70. The van der Waals surface area contributed by atoms with Gasteiger partial charge in [0.15, 0.2) is 0 Å². The van der Waals surface area contributed by atoms with Gasteiger partial charge in [-0.3, -0.25) is 4.79 Å². The van der Waals surface area contributed by atoms with E-state index in [4.69, 9.17) is 0 Å². The second-order valence-electron chi connectivity index (χ2n) is 4.58. The molecule has 0 spiro atoms. The Morgan fingerprint density at radius 1 is 1.33 bits per heavy atom. The Morgan fingerprint density at radius 3 is 2.92 bits per heavy atom. The number of nitrogens with zero attached hydrogens (tertiary/aromatic N) is 4. The number of amides is 1. The van der Waals surface area contributed by atoms with Gasteiger partial charge in [-0.05, 0) is 28.8 Å². The monoisotopic (exact) mass is 351 g/mol. The summed E-state index contributed by atoms with van der Waals surface area (Å²) in [6.45, 7) is -3.19. The van der Waals surface area contributed by atoms with Gasteiger partial charge < -0.3 is 10.1 Å². The Labute approximate surface area is 138 Å². The molecule has 24 heavy (non-hydrogen) atoms. The van der Waals surface area contributed by atoms with Gasteiger partial charge in [-0.2, -0.15) is 24.9 Å². The summed E-state index contributed by atoms with van der Waals surface area (Å²) in [6.07, 6.45) is 0. The van der Waals surface area contributed by atoms with Gasteiger partial charge in [0.25, 0.3) is 0 Å². The predicted molar refractivity (Wildman–Crippen MR) is 82.8 cm³/mol. The lowest BCUT2D eigenvalue weighted by Crippen LogP contribution is -2.21. The molecule has 0 aliphatic carbocycles. The van der Waals surface area contributed by atoms with Crippen LogP contribution in [-0.4, -0.2) is 32.7 Å². The van der Waals surface area contributed by atoms with E-state index in [-0.39, 0.29) is 18.0 Å². The van der Waals surface area contributed by atoms with Gasteiger partial charge in [0.05, 0.1) is 5.69 Å². The number of aromatic nitrogens is 4. The largest absolute Gasteiger partial charge is 0.433 e. The standard InChI is InChI=1S/C14H11F2N5O2S/c15-14(16)23-11-4-2-1-3-10(11)17-12(22)7-21-19-13(18-20-21)9-5-6-24-8-9/h1-6,8,14H,7H2,(H,17,22). The number of tetrazole rings is 1. The SMILES string of the molecule is O=C(Cn1nnc(-c2ccsc2)n1)Nc1ccccc1OC(F)F. The van der Waals surface area contributed by atoms with E-state index in [2.05, 4.69) is 25.5 Å². The van der Waals surface area contributed by atoms with Gasteiger partial charge in [0.2, 0.25) is 11.7 Å². The highest BCUT2D eigenvalue weighted by Crippen LogP contribution is 2.25. The molecule has 0 bridgehead atoms. The Bertz CT molecular complexity index is 822. The van der Waals surface area contributed by atoms with Crippen LogP contribution in [-0.2, 0) is 11.3 Å². The Hall–Kier alpha value is -2.88. The zero-order valence-corrected chi connectivity index (χ0v) is 12.9. The summed E-state index contributed by atoms with van der Waals surface area (Å²) in [6, 6.07) is 7.76. The first kappa shape index (κ1) is 16.0. The molecular formula is C14H11F2N5O2S. The van der Waals surface area contributed by atoms with E-state index >= 15 is 0 Å². The number of hydrogen-bond acceptors (Lipinski definition) is 6. The van der Waals surface area contributed by atoms with Gasteiger partial charge in [-0.25, -0.2) is 0 Å². The molecule has 3 rings (SSSR count). The molecule has 10 heteroatoms. The predicted octanol–water partition coefficient (Wildman–Crippen LogP) is 2.64. The molecule has 0 saturated heterocycles. The van der Waals surface area contributed by atoms with Crippen molar-refractivity contribution < 1.29 is 18.3 Å². The molecule has 2 heterocycles. The van der Waals surface area contributed by atoms with Crippen molar-refractivity contribution >= 4 is 22.9 Å². The van der Waals surface area contributed by atoms with Crippen LogP contribution in [0.4, 0.5) is 14.5 Å². The summed E-state index contributed by atoms with van der Waals surface area (Å²) in [5, 5.41) is 18.0. The summed E-state index contributed by atoms with van der Waals surface area (Å²) >= 11 is 1.49. The molecule has 124 valence electrons. The summed E-state index contributed by atoms with van der Waals surface area (Å²) in [5.74, 6) is -0.202. The lowest BCUT2D eigenvalue weighted by Gasteiger charge is -2.11. The van der Waals surface area contributed by atoms with E-state index in [1.165, 1.54) is 29.5 Å². The number of rotatable bonds is 6. The molecule has 0 radical (unpaired) electrons. The van der Waals surface area contributed by atoms with Crippen molar-refractivity contribution in [3.05, 3.63) is 41.1 Å². The van der Waals surface area contributed by atoms with E-state index in [1.54, 1.807) is 6.07 Å². The first-order valence-electron chi connectivity index (χ1n) is 6.76. The fraction of sp³-hybridized carbons (Fsp3) is 0.143. The van der Waals surface area contributed by atoms with Gasteiger partial charge in [0.1, 0.15) is 12.3 Å². The van der Waals surface area contributed by atoms with E-state index < -0.39 is 12.5 Å². The minimum Gasteiger partial charge on any atom is -0.433 e. The Balaban J connectivity index is 1.66. The maximum atomic E-state index is 12.4. The summed E-state index contributed by atoms with van der Waals surface area (Å²) in [7, 11) is 0. The van der Waals surface area contributed by atoms with Crippen molar-refractivity contribution in [1.29, 1.82) is 0 Å². The van der Waals surface area contributed by atoms with Crippen molar-refractivity contribution in [3.63, 3.8) is 0 Å². The number of para-hydroxylation sites is 2. The highest BCUT2D eigenvalue weighted by molar-refractivity contribution is 7.08. The van der Waals surface area contributed by atoms with Crippen molar-refractivity contribution in [2.45, 2.75) is 13.2 Å². The second-order valence-corrected chi connectivity index (χ2v) is 5.36. The molecule has 7 nitrogen and oxygen atoms in total. The van der Waals surface area contributed by atoms with Gasteiger partial charge in [-0.1, -0.05) is 12.1 Å². The van der Waals surface area contributed by atoms with Gasteiger partial charge in [-0.15, -0.1) is 10.2 Å². The normalized spacial score (nSPS) is 10.8. The Morgan fingerprint density at radius 2 is 2.17 bits per heavy atom. The number of alkyl halides is 2. The van der Waals surface area contributed by atoms with E-state index in [9.17, 15) is 13.6 Å². The van der Waals surface area contributed by atoms with E-state index in [0.29, 0.717) is 5.82 Å². The van der Waals surface area contributed by atoms with Crippen LogP contribution >= 0.6 is 11.3 Å². The molecule has 0 atom stereocenters. The quantitative estimate of drug-likeness (QED) is 0.738. The minimum absolute atomic E-state index is 0.119. The third kappa shape index (κ3) is 3.90. The van der Waals surface area contributed by atoms with Gasteiger partial charge >= 0.3 is 6.61 Å². The highest BCUT2D eigenvalue weighted by Gasteiger charge is 2.13.